The van der Waals surface area contributed by atoms with E-state index in [2.05, 4.69) is 11.1 Å². The number of amides is 1. The normalized spacial score (nSPS) is 19.5. The summed E-state index contributed by atoms with van der Waals surface area (Å²) < 4.78 is 22.7. The van der Waals surface area contributed by atoms with Crippen molar-refractivity contribution < 1.29 is 28.6 Å². The van der Waals surface area contributed by atoms with Crippen molar-refractivity contribution in [1.29, 1.82) is 0 Å². The number of hydrogen-bond acceptors (Lipinski definition) is 6. The molecule has 0 spiro atoms. The van der Waals surface area contributed by atoms with E-state index in [1.807, 2.05) is 0 Å². The van der Waals surface area contributed by atoms with E-state index in [9.17, 15) is 14.0 Å². The fourth-order valence-corrected chi connectivity index (χ4v) is 1.29. The lowest BCUT2D eigenvalue weighted by Gasteiger charge is -2.11. The fourth-order valence-electron chi connectivity index (χ4n) is 1.29. The zero-order valence-corrected chi connectivity index (χ0v) is 9.60. The van der Waals surface area contributed by atoms with Gasteiger partial charge in [0.15, 0.2) is 17.7 Å². The molecule has 0 aliphatic carbocycles. The molecule has 1 aliphatic heterocycles. The van der Waals surface area contributed by atoms with Gasteiger partial charge in [-0.05, 0) is 0 Å². The first kappa shape index (κ1) is 14.0. The van der Waals surface area contributed by atoms with Gasteiger partial charge < -0.3 is 25.6 Å². The van der Waals surface area contributed by atoms with Gasteiger partial charge in [0.25, 0.3) is 5.91 Å². The molecule has 1 rings (SSSR count). The second kappa shape index (κ2) is 6.01. The first-order valence-corrected chi connectivity index (χ1v) is 5.03. The Morgan fingerprint density at radius 1 is 1.72 bits per heavy atom. The summed E-state index contributed by atoms with van der Waals surface area (Å²) in [4.78, 5) is 21.2. The van der Waals surface area contributed by atoms with E-state index in [0.29, 0.717) is 0 Å². The van der Waals surface area contributed by atoms with E-state index in [1.54, 1.807) is 0 Å². The average molecular weight is 260 g/mol. The fraction of sp³-hybridized carbons (Fsp3) is 0.400. The van der Waals surface area contributed by atoms with E-state index in [1.165, 1.54) is 6.92 Å². The van der Waals surface area contributed by atoms with Crippen LogP contribution < -0.4 is 11.1 Å². The molecule has 0 radical (unpaired) electrons. The molecule has 100 valence electrons. The minimum atomic E-state index is -1.21. The number of esters is 1. The number of carbonyl (C=O) groups is 2. The van der Waals surface area contributed by atoms with Crippen molar-refractivity contribution in [2.75, 3.05) is 6.61 Å². The summed E-state index contributed by atoms with van der Waals surface area (Å²) in [6.45, 7) is 0.748. The molecule has 0 fully saturated rings. The third-order valence-corrected chi connectivity index (χ3v) is 2.01. The summed E-state index contributed by atoms with van der Waals surface area (Å²) in [5.41, 5.74) is 4.68. The standard InChI is InChI=1S/C10H13FN2O5/c1-5(15)17-7-2-9(18-8(7)4-14)13-3-6(11)10(12)16/h3,9,13-14H,2,4H2,1H3,(H2,12,16)/b6-3+/t9-/m1/s1. The maximum absolute atomic E-state index is 12.8. The Balaban J connectivity index is 2.59. The van der Waals surface area contributed by atoms with E-state index >= 15 is 0 Å². The Bertz CT molecular complexity index is 418. The quantitative estimate of drug-likeness (QED) is 0.449. The Morgan fingerprint density at radius 3 is 2.89 bits per heavy atom. The van der Waals surface area contributed by atoms with Crippen LogP contribution in [0.25, 0.3) is 0 Å². The molecule has 0 aromatic heterocycles. The maximum Gasteiger partial charge on any atom is 0.307 e. The van der Waals surface area contributed by atoms with E-state index in [-0.39, 0.29) is 17.9 Å². The van der Waals surface area contributed by atoms with Crippen LogP contribution in [0.15, 0.2) is 23.5 Å². The van der Waals surface area contributed by atoms with E-state index in [0.717, 1.165) is 6.20 Å². The zero-order chi connectivity index (χ0) is 13.7. The number of halogens is 1. The molecular weight excluding hydrogens is 247 g/mol. The second-order valence-electron chi connectivity index (χ2n) is 3.43. The van der Waals surface area contributed by atoms with Gasteiger partial charge in [-0.3, -0.25) is 9.59 Å². The van der Waals surface area contributed by atoms with Crippen LogP contribution in [-0.2, 0) is 19.1 Å². The van der Waals surface area contributed by atoms with Crippen molar-refractivity contribution in [2.45, 2.75) is 19.6 Å². The van der Waals surface area contributed by atoms with Gasteiger partial charge in [-0.25, -0.2) is 0 Å². The van der Waals surface area contributed by atoms with Crippen LogP contribution in [0.2, 0.25) is 0 Å². The number of nitrogens with two attached hydrogens (primary N) is 1. The molecule has 0 aromatic carbocycles. The highest BCUT2D eigenvalue weighted by Gasteiger charge is 2.27. The van der Waals surface area contributed by atoms with Gasteiger partial charge in [0, 0.05) is 13.1 Å². The number of nitrogens with one attached hydrogen (secondary N) is 1. The number of ether oxygens (including phenoxy) is 2. The highest BCUT2D eigenvalue weighted by molar-refractivity contribution is 5.89. The van der Waals surface area contributed by atoms with Crippen LogP contribution in [0.5, 0.6) is 0 Å². The third-order valence-electron chi connectivity index (χ3n) is 2.01. The summed E-state index contributed by atoms with van der Waals surface area (Å²) in [6.07, 6.45) is 0.114. The first-order valence-electron chi connectivity index (χ1n) is 5.03. The number of primary amides is 1. The molecule has 0 aromatic rings. The molecule has 0 saturated heterocycles. The van der Waals surface area contributed by atoms with Crippen molar-refractivity contribution in [1.82, 2.24) is 5.32 Å². The molecule has 0 unspecified atom stereocenters. The summed E-state index contributed by atoms with van der Waals surface area (Å²) in [5, 5.41) is 11.4. The molecule has 7 nitrogen and oxygen atoms in total. The lowest BCUT2D eigenvalue weighted by Crippen LogP contribution is -2.25. The Kier molecular flexibility index (Phi) is 4.67. The van der Waals surface area contributed by atoms with E-state index in [4.69, 9.17) is 14.6 Å². The lowest BCUT2D eigenvalue weighted by atomic mass is 10.3. The topological polar surface area (TPSA) is 111 Å². The summed E-state index contributed by atoms with van der Waals surface area (Å²) in [6, 6.07) is 0. The SMILES string of the molecule is CC(=O)OC1=C(CO)O[C@@H](N/C=C(/F)C(N)=O)C1. The van der Waals surface area contributed by atoms with Gasteiger partial charge in [-0.1, -0.05) is 0 Å². The molecule has 1 atom stereocenters. The molecule has 1 aliphatic rings. The summed E-state index contributed by atoms with van der Waals surface area (Å²) in [7, 11) is 0. The van der Waals surface area contributed by atoms with Crippen molar-refractivity contribution in [3.63, 3.8) is 0 Å². The molecule has 18 heavy (non-hydrogen) atoms. The molecule has 8 heteroatoms. The number of rotatable bonds is 5. The average Bonchev–Trinajstić information content (AvgIpc) is 2.67. The molecule has 4 N–H and O–H groups in total. The highest BCUT2D eigenvalue weighted by atomic mass is 19.1. The minimum Gasteiger partial charge on any atom is -0.469 e. The third kappa shape index (κ3) is 3.74. The van der Waals surface area contributed by atoms with Gasteiger partial charge in [-0.15, -0.1) is 0 Å². The van der Waals surface area contributed by atoms with E-state index < -0.39 is 30.5 Å². The monoisotopic (exact) mass is 260 g/mol. The van der Waals surface area contributed by atoms with Crippen LogP contribution in [0.1, 0.15) is 13.3 Å². The molecule has 1 heterocycles. The van der Waals surface area contributed by atoms with Gasteiger partial charge in [0.1, 0.15) is 6.61 Å². The zero-order valence-electron chi connectivity index (χ0n) is 9.60. The lowest BCUT2D eigenvalue weighted by molar-refractivity contribution is -0.137. The summed E-state index contributed by atoms with van der Waals surface area (Å²) in [5.74, 6) is -2.69. The predicted octanol–water partition coefficient (Wildman–Crippen LogP) is -0.614. The molecular formula is C10H13FN2O5. The largest absolute Gasteiger partial charge is 0.469 e. The molecule has 0 saturated carbocycles. The number of aliphatic hydroxyl groups is 1. The Hall–Kier alpha value is -2.09. The highest BCUT2D eigenvalue weighted by Crippen LogP contribution is 2.24. The van der Waals surface area contributed by atoms with Crippen LogP contribution in [-0.4, -0.2) is 29.8 Å². The van der Waals surface area contributed by atoms with Crippen LogP contribution in [0, 0.1) is 0 Å². The number of aliphatic hydroxyl groups excluding tert-OH is 1. The first-order chi connectivity index (χ1) is 8.43. The maximum atomic E-state index is 12.8. The van der Waals surface area contributed by atoms with Crippen molar-refractivity contribution >= 4 is 11.9 Å². The summed E-state index contributed by atoms with van der Waals surface area (Å²) >= 11 is 0. The Morgan fingerprint density at radius 2 is 2.39 bits per heavy atom. The van der Waals surface area contributed by atoms with Gasteiger partial charge in [0.2, 0.25) is 5.83 Å². The van der Waals surface area contributed by atoms with Crippen molar-refractivity contribution in [2.24, 2.45) is 5.73 Å². The van der Waals surface area contributed by atoms with Gasteiger partial charge >= 0.3 is 5.97 Å². The minimum absolute atomic E-state index is 0.0792. The second-order valence-corrected chi connectivity index (χ2v) is 3.43. The number of carbonyl (C=O) groups excluding carboxylic acids is 2. The molecule has 0 bridgehead atoms. The van der Waals surface area contributed by atoms with Crippen LogP contribution >= 0.6 is 0 Å². The van der Waals surface area contributed by atoms with Crippen molar-refractivity contribution in [3.8, 4) is 0 Å². The smallest absolute Gasteiger partial charge is 0.307 e. The predicted molar refractivity (Wildman–Crippen MR) is 56.9 cm³/mol. The van der Waals surface area contributed by atoms with Crippen LogP contribution in [0.3, 0.4) is 0 Å². The van der Waals surface area contributed by atoms with Gasteiger partial charge in [-0.2, -0.15) is 4.39 Å². The number of hydrogen-bond donors (Lipinski definition) is 3. The van der Waals surface area contributed by atoms with Crippen LogP contribution in [0.4, 0.5) is 4.39 Å². The van der Waals surface area contributed by atoms with Gasteiger partial charge in [0.05, 0.1) is 6.42 Å². The van der Waals surface area contributed by atoms with Crippen molar-refractivity contribution in [3.05, 3.63) is 23.5 Å². The Labute approximate surface area is 102 Å². The molecule has 1 amide bonds.